The van der Waals surface area contributed by atoms with Crippen LogP contribution in [0.2, 0.25) is 0 Å². The van der Waals surface area contributed by atoms with Crippen LogP contribution in [-0.4, -0.2) is 30.2 Å². The number of hydrogen-bond acceptors (Lipinski definition) is 5. The van der Waals surface area contributed by atoms with Crippen molar-refractivity contribution < 1.29 is 12.8 Å². The van der Waals surface area contributed by atoms with Gasteiger partial charge in [0.1, 0.15) is 21.4 Å². The van der Waals surface area contributed by atoms with Crippen molar-refractivity contribution in [2.45, 2.75) is 13.5 Å². The van der Waals surface area contributed by atoms with E-state index < -0.39 is 9.84 Å². The number of furan rings is 1. The molecule has 0 aliphatic heterocycles. The summed E-state index contributed by atoms with van der Waals surface area (Å²) in [6.07, 6.45) is 2.77. The first-order chi connectivity index (χ1) is 8.37. The van der Waals surface area contributed by atoms with E-state index in [1.54, 1.807) is 18.4 Å². The first-order valence-electron chi connectivity index (χ1n) is 5.42. The molecule has 98 valence electrons. The summed E-state index contributed by atoms with van der Waals surface area (Å²) in [5.74, 6) is 1.21. The molecule has 7 heteroatoms. The summed E-state index contributed by atoms with van der Waals surface area (Å²) >= 11 is 0. The van der Waals surface area contributed by atoms with E-state index in [1.807, 2.05) is 6.92 Å². The van der Waals surface area contributed by atoms with Crippen LogP contribution in [0.1, 0.15) is 5.76 Å². The molecule has 0 saturated heterocycles. The summed E-state index contributed by atoms with van der Waals surface area (Å²) in [5, 5.41) is 4.28. The Kier molecular flexibility index (Phi) is 3.16. The van der Waals surface area contributed by atoms with Gasteiger partial charge in [0.15, 0.2) is 0 Å². The van der Waals surface area contributed by atoms with Crippen LogP contribution in [0.5, 0.6) is 0 Å². The van der Waals surface area contributed by atoms with Gasteiger partial charge in [0.25, 0.3) is 0 Å². The Hall–Kier alpha value is -1.76. The van der Waals surface area contributed by atoms with Crippen molar-refractivity contribution in [3.8, 4) is 11.3 Å². The van der Waals surface area contributed by atoms with Crippen LogP contribution in [-0.2, 0) is 16.4 Å². The van der Waals surface area contributed by atoms with Crippen molar-refractivity contribution in [1.82, 2.24) is 9.78 Å². The molecule has 0 atom stereocenters. The van der Waals surface area contributed by atoms with Gasteiger partial charge >= 0.3 is 0 Å². The molecule has 2 aromatic rings. The normalized spacial score (nSPS) is 11.9. The number of sulfone groups is 1. The van der Waals surface area contributed by atoms with E-state index >= 15 is 0 Å². The van der Waals surface area contributed by atoms with E-state index in [1.165, 1.54) is 10.9 Å². The average Bonchev–Trinajstić information content (AvgIpc) is 2.81. The van der Waals surface area contributed by atoms with Gasteiger partial charge in [-0.3, -0.25) is 0 Å². The average molecular weight is 269 g/mol. The van der Waals surface area contributed by atoms with E-state index in [0.29, 0.717) is 11.5 Å². The number of nitrogens with zero attached hydrogens (tertiary/aromatic N) is 2. The summed E-state index contributed by atoms with van der Waals surface area (Å²) in [7, 11) is -3.03. The fourth-order valence-electron chi connectivity index (χ4n) is 1.64. The number of anilines is 1. The highest BCUT2D eigenvalue weighted by atomic mass is 32.2. The Morgan fingerprint density at radius 1 is 1.50 bits per heavy atom. The highest BCUT2D eigenvalue weighted by Gasteiger charge is 2.12. The molecule has 2 N–H and O–H groups in total. The molecular formula is C11H15N3O3S. The molecule has 0 bridgehead atoms. The summed E-state index contributed by atoms with van der Waals surface area (Å²) in [5.41, 5.74) is 7.35. The predicted octanol–water partition coefficient (Wildman–Crippen LogP) is 1.08. The molecule has 0 spiro atoms. The minimum atomic E-state index is -3.03. The molecular weight excluding hydrogens is 254 g/mol. The number of hydrogen-bond donors (Lipinski definition) is 1. The van der Waals surface area contributed by atoms with Crippen LogP contribution < -0.4 is 5.73 Å². The van der Waals surface area contributed by atoms with Crippen molar-refractivity contribution in [3.05, 3.63) is 24.2 Å². The second-order valence-electron chi connectivity index (χ2n) is 4.20. The van der Waals surface area contributed by atoms with E-state index in [4.69, 9.17) is 10.2 Å². The lowest BCUT2D eigenvalue weighted by atomic mass is 10.2. The molecule has 0 fully saturated rings. The van der Waals surface area contributed by atoms with Gasteiger partial charge in [0.05, 0.1) is 24.3 Å². The molecule has 2 heterocycles. The lowest BCUT2D eigenvalue weighted by Gasteiger charge is -2.01. The van der Waals surface area contributed by atoms with Crippen molar-refractivity contribution in [1.29, 1.82) is 0 Å². The number of rotatable bonds is 4. The maximum absolute atomic E-state index is 11.1. The van der Waals surface area contributed by atoms with Crippen LogP contribution in [0.4, 0.5) is 5.82 Å². The number of aromatic nitrogens is 2. The Morgan fingerprint density at radius 3 is 2.78 bits per heavy atom. The van der Waals surface area contributed by atoms with Gasteiger partial charge in [-0.25, -0.2) is 13.1 Å². The monoisotopic (exact) mass is 269 g/mol. The minimum Gasteiger partial charge on any atom is -0.469 e. The summed E-state index contributed by atoms with van der Waals surface area (Å²) in [4.78, 5) is 0. The van der Waals surface area contributed by atoms with Crippen LogP contribution >= 0.6 is 0 Å². The number of nitrogens with two attached hydrogens (primary N) is 1. The fourth-order valence-corrected chi connectivity index (χ4v) is 2.15. The lowest BCUT2D eigenvalue weighted by molar-refractivity contribution is 0.535. The molecule has 0 aliphatic carbocycles. The van der Waals surface area contributed by atoms with Crippen LogP contribution in [0.25, 0.3) is 11.3 Å². The van der Waals surface area contributed by atoms with Gasteiger partial charge < -0.3 is 10.2 Å². The molecule has 0 radical (unpaired) electrons. The van der Waals surface area contributed by atoms with Crippen molar-refractivity contribution in [2.24, 2.45) is 0 Å². The third-order valence-corrected chi connectivity index (χ3v) is 3.54. The van der Waals surface area contributed by atoms with E-state index in [2.05, 4.69) is 5.10 Å². The number of nitrogen functional groups attached to an aromatic ring is 1. The first kappa shape index (κ1) is 12.7. The standard InChI is InChI=1S/C11H15N3O3S/c1-8-9(3-5-17-8)10-7-11(12)14(13-10)4-6-18(2,15)16/h3,5,7H,4,6,12H2,1-2H3. The molecule has 2 rings (SSSR count). The topological polar surface area (TPSA) is 91.1 Å². The van der Waals surface area contributed by atoms with E-state index in [-0.39, 0.29) is 12.3 Å². The highest BCUT2D eigenvalue weighted by molar-refractivity contribution is 7.90. The zero-order valence-electron chi connectivity index (χ0n) is 10.3. The SMILES string of the molecule is Cc1occc1-c1cc(N)n(CCS(C)(=O)=O)n1. The molecule has 6 nitrogen and oxygen atoms in total. The van der Waals surface area contributed by atoms with Crippen LogP contribution in [0.15, 0.2) is 22.8 Å². The first-order valence-corrected chi connectivity index (χ1v) is 7.48. The van der Waals surface area contributed by atoms with Gasteiger partial charge in [-0.1, -0.05) is 0 Å². The molecule has 2 aromatic heterocycles. The van der Waals surface area contributed by atoms with Crippen molar-refractivity contribution in [2.75, 3.05) is 17.7 Å². The highest BCUT2D eigenvalue weighted by Crippen LogP contribution is 2.24. The van der Waals surface area contributed by atoms with Gasteiger partial charge in [-0.05, 0) is 13.0 Å². The summed E-state index contributed by atoms with van der Waals surface area (Å²) in [6.45, 7) is 2.09. The van der Waals surface area contributed by atoms with Crippen molar-refractivity contribution in [3.63, 3.8) is 0 Å². The second kappa shape index (κ2) is 4.49. The minimum absolute atomic E-state index is 0.0166. The maximum Gasteiger partial charge on any atom is 0.149 e. The smallest absolute Gasteiger partial charge is 0.149 e. The second-order valence-corrected chi connectivity index (χ2v) is 6.46. The number of aryl methyl sites for hydroxylation is 2. The molecule has 0 saturated carbocycles. The third kappa shape index (κ3) is 2.73. The predicted molar refractivity (Wildman–Crippen MR) is 68.8 cm³/mol. The zero-order chi connectivity index (χ0) is 13.3. The van der Waals surface area contributed by atoms with Crippen LogP contribution in [0.3, 0.4) is 0 Å². The fraction of sp³-hybridized carbons (Fsp3) is 0.364. The molecule has 0 amide bonds. The molecule has 0 unspecified atom stereocenters. The summed E-state index contributed by atoms with van der Waals surface area (Å²) < 4.78 is 28.9. The van der Waals surface area contributed by atoms with E-state index in [0.717, 1.165) is 11.3 Å². The van der Waals surface area contributed by atoms with Gasteiger partial charge in [0, 0.05) is 17.9 Å². The largest absolute Gasteiger partial charge is 0.469 e. The van der Waals surface area contributed by atoms with Crippen molar-refractivity contribution >= 4 is 15.7 Å². The summed E-state index contributed by atoms with van der Waals surface area (Å²) in [6, 6.07) is 3.51. The van der Waals surface area contributed by atoms with Gasteiger partial charge in [0.2, 0.25) is 0 Å². The van der Waals surface area contributed by atoms with Gasteiger partial charge in [-0.15, -0.1) is 0 Å². The Bertz CT molecular complexity index is 655. The van der Waals surface area contributed by atoms with Gasteiger partial charge in [-0.2, -0.15) is 5.10 Å². The maximum atomic E-state index is 11.1. The molecule has 0 aromatic carbocycles. The quantitative estimate of drug-likeness (QED) is 0.896. The molecule has 18 heavy (non-hydrogen) atoms. The van der Waals surface area contributed by atoms with Crippen LogP contribution in [0, 0.1) is 6.92 Å². The zero-order valence-corrected chi connectivity index (χ0v) is 11.1. The Morgan fingerprint density at radius 2 is 2.22 bits per heavy atom. The lowest BCUT2D eigenvalue weighted by Crippen LogP contribution is -2.13. The van der Waals surface area contributed by atoms with E-state index in [9.17, 15) is 8.42 Å². The molecule has 0 aliphatic rings. The Balaban J connectivity index is 2.25. The Labute approximate surface area is 105 Å². The third-order valence-electron chi connectivity index (χ3n) is 2.62.